The Kier molecular flexibility index (Phi) is 5.01. The van der Waals surface area contributed by atoms with Gasteiger partial charge in [-0.25, -0.2) is 0 Å². The van der Waals surface area contributed by atoms with Crippen LogP contribution in [-0.2, 0) is 11.3 Å². The molecule has 142 valence electrons. The molecule has 0 spiro atoms. The number of para-hydroxylation sites is 1. The first-order valence-electron chi connectivity index (χ1n) is 9.01. The van der Waals surface area contributed by atoms with Gasteiger partial charge in [-0.15, -0.1) is 11.8 Å². The molecule has 0 N–H and O–H groups in total. The van der Waals surface area contributed by atoms with E-state index in [-0.39, 0.29) is 5.97 Å². The number of thioether (sulfide) groups is 1. The highest BCUT2D eigenvalue weighted by molar-refractivity contribution is 7.99. The van der Waals surface area contributed by atoms with Crippen molar-refractivity contribution in [1.82, 2.24) is 4.57 Å². The molecule has 4 rings (SSSR count). The van der Waals surface area contributed by atoms with Gasteiger partial charge in [0, 0.05) is 29.8 Å². The number of ether oxygens (including phenoxy) is 2. The second-order valence-corrected chi connectivity index (χ2v) is 7.35. The molecule has 0 aliphatic carbocycles. The molecule has 0 saturated heterocycles. The third-order valence-electron chi connectivity index (χ3n) is 4.81. The van der Waals surface area contributed by atoms with Gasteiger partial charge in [0.05, 0.1) is 17.5 Å². The monoisotopic (exact) mass is 391 g/mol. The minimum absolute atomic E-state index is 0.313. The van der Waals surface area contributed by atoms with E-state index in [9.17, 15) is 4.79 Å². The highest BCUT2D eigenvalue weighted by Crippen LogP contribution is 2.40. The first kappa shape index (κ1) is 18.4. The van der Waals surface area contributed by atoms with E-state index < -0.39 is 0 Å². The van der Waals surface area contributed by atoms with E-state index in [1.54, 1.807) is 18.9 Å². The molecule has 1 heterocycles. The van der Waals surface area contributed by atoms with Crippen molar-refractivity contribution in [2.75, 3.05) is 13.4 Å². The fourth-order valence-electron chi connectivity index (χ4n) is 3.61. The molecule has 0 saturated carbocycles. The summed E-state index contributed by atoms with van der Waals surface area (Å²) in [5.41, 5.74) is 3.42. The molecule has 0 atom stereocenters. The molecule has 0 bridgehead atoms. The first-order valence-corrected chi connectivity index (χ1v) is 10.2. The largest absolute Gasteiger partial charge is 0.497 e. The Morgan fingerprint density at radius 2 is 1.75 bits per heavy atom. The predicted molar refractivity (Wildman–Crippen MR) is 115 cm³/mol. The van der Waals surface area contributed by atoms with Crippen LogP contribution in [0, 0.1) is 0 Å². The van der Waals surface area contributed by atoms with Crippen molar-refractivity contribution in [1.29, 1.82) is 0 Å². The van der Waals surface area contributed by atoms with E-state index in [4.69, 9.17) is 9.47 Å². The second kappa shape index (κ2) is 7.60. The number of benzene rings is 3. The van der Waals surface area contributed by atoms with Crippen molar-refractivity contribution < 1.29 is 14.3 Å². The molecule has 0 fully saturated rings. The molecule has 28 heavy (non-hydrogen) atoms. The molecular weight excluding hydrogens is 370 g/mol. The van der Waals surface area contributed by atoms with E-state index in [2.05, 4.69) is 41.0 Å². The molecule has 0 aliphatic rings. The maximum Gasteiger partial charge on any atom is 0.308 e. The third kappa shape index (κ3) is 3.22. The summed E-state index contributed by atoms with van der Waals surface area (Å²) in [7, 11) is 1.67. The maximum atomic E-state index is 11.6. The van der Waals surface area contributed by atoms with Crippen LogP contribution in [0.1, 0.15) is 12.5 Å². The van der Waals surface area contributed by atoms with Gasteiger partial charge in [0.25, 0.3) is 0 Å². The summed E-state index contributed by atoms with van der Waals surface area (Å²) in [6, 6.07) is 20.4. The van der Waals surface area contributed by atoms with Crippen LogP contribution < -0.4 is 9.47 Å². The topological polar surface area (TPSA) is 40.5 Å². The van der Waals surface area contributed by atoms with Gasteiger partial charge < -0.3 is 14.0 Å². The summed E-state index contributed by atoms with van der Waals surface area (Å²) in [4.78, 5) is 12.5. The average molecular weight is 391 g/mol. The SMILES string of the molecule is COc1ccc(Cn2c3ccccc3c3ccc(OC(C)=O)c(SC)c32)cc1. The molecular formula is C23H21NO3S. The van der Waals surface area contributed by atoms with Crippen LogP contribution >= 0.6 is 11.8 Å². The molecule has 3 aromatic carbocycles. The fraction of sp³-hybridized carbons (Fsp3) is 0.174. The van der Waals surface area contributed by atoms with Crippen LogP contribution in [0.5, 0.6) is 11.5 Å². The molecule has 5 heteroatoms. The van der Waals surface area contributed by atoms with Crippen LogP contribution in [0.25, 0.3) is 21.8 Å². The van der Waals surface area contributed by atoms with Crippen molar-refractivity contribution in [2.45, 2.75) is 18.4 Å². The Morgan fingerprint density at radius 1 is 1.00 bits per heavy atom. The number of hydrogen-bond donors (Lipinski definition) is 0. The quantitative estimate of drug-likeness (QED) is 0.256. The van der Waals surface area contributed by atoms with Crippen LogP contribution in [-0.4, -0.2) is 23.9 Å². The Balaban J connectivity index is 1.96. The van der Waals surface area contributed by atoms with E-state index >= 15 is 0 Å². The number of carbonyl (C=O) groups excluding carboxylic acids is 1. The second-order valence-electron chi connectivity index (χ2n) is 6.54. The lowest BCUT2D eigenvalue weighted by atomic mass is 10.1. The van der Waals surface area contributed by atoms with Crippen LogP contribution in [0.3, 0.4) is 0 Å². The van der Waals surface area contributed by atoms with Crippen LogP contribution in [0.2, 0.25) is 0 Å². The van der Waals surface area contributed by atoms with E-state index in [1.165, 1.54) is 17.9 Å². The molecule has 4 nitrogen and oxygen atoms in total. The zero-order chi connectivity index (χ0) is 19.7. The maximum absolute atomic E-state index is 11.6. The minimum atomic E-state index is -0.313. The Morgan fingerprint density at radius 3 is 2.43 bits per heavy atom. The fourth-order valence-corrected chi connectivity index (χ4v) is 4.33. The Labute approximate surface area is 168 Å². The summed E-state index contributed by atoms with van der Waals surface area (Å²) < 4.78 is 13.1. The molecule has 0 aliphatic heterocycles. The zero-order valence-corrected chi connectivity index (χ0v) is 16.9. The zero-order valence-electron chi connectivity index (χ0n) is 16.1. The molecule has 0 radical (unpaired) electrons. The summed E-state index contributed by atoms with van der Waals surface area (Å²) in [5.74, 6) is 1.13. The van der Waals surface area contributed by atoms with Gasteiger partial charge in [-0.1, -0.05) is 30.3 Å². The number of carbonyl (C=O) groups is 1. The molecule has 0 unspecified atom stereocenters. The normalized spacial score (nSPS) is 11.1. The Hall–Kier alpha value is -2.92. The van der Waals surface area contributed by atoms with Crippen molar-refractivity contribution >= 4 is 39.5 Å². The highest BCUT2D eigenvalue weighted by atomic mass is 32.2. The summed E-state index contributed by atoms with van der Waals surface area (Å²) >= 11 is 1.59. The van der Waals surface area contributed by atoms with Gasteiger partial charge in [0.2, 0.25) is 0 Å². The number of hydrogen-bond acceptors (Lipinski definition) is 4. The lowest BCUT2D eigenvalue weighted by molar-refractivity contribution is -0.132. The Bertz CT molecular complexity index is 1160. The predicted octanol–water partition coefficient (Wildman–Crippen LogP) is 5.50. The number of methoxy groups -OCH3 is 1. The smallest absolute Gasteiger partial charge is 0.308 e. The van der Waals surface area contributed by atoms with Gasteiger partial charge in [0.15, 0.2) is 0 Å². The lowest BCUT2D eigenvalue weighted by Crippen LogP contribution is -2.04. The molecule has 0 amide bonds. The minimum Gasteiger partial charge on any atom is -0.497 e. The van der Waals surface area contributed by atoms with Gasteiger partial charge in [0.1, 0.15) is 11.5 Å². The van der Waals surface area contributed by atoms with E-state index in [1.807, 2.05) is 30.5 Å². The van der Waals surface area contributed by atoms with Gasteiger partial charge >= 0.3 is 5.97 Å². The summed E-state index contributed by atoms with van der Waals surface area (Å²) in [6.45, 7) is 2.15. The van der Waals surface area contributed by atoms with E-state index in [0.29, 0.717) is 12.3 Å². The van der Waals surface area contributed by atoms with Crippen molar-refractivity contribution in [3.05, 3.63) is 66.2 Å². The average Bonchev–Trinajstić information content (AvgIpc) is 3.02. The van der Waals surface area contributed by atoms with Crippen LogP contribution in [0.15, 0.2) is 65.6 Å². The third-order valence-corrected chi connectivity index (χ3v) is 5.61. The molecule has 1 aromatic heterocycles. The number of fused-ring (bicyclic) bond motifs is 3. The summed E-state index contributed by atoms with van der Waals surface area (Å²) in [6.07, 6.45) is 2.01. The van der Waals surface area contributed by atoms with Crippen molar-refractivity contribution in [3.63, 3.8) is 0 Å². The first-order chi connectivity index (χ1) is 13.6. The lowest BCUT2D eigenvalue weighted by Gasteiger charge is -2.13. The standard InChI is InChI=1S/C23H21NO3S/c1-15(25)27-21-13-12-19-18-6-4-5-7-20(18)24(22(19)23(21)28-3)14-16-8-10-17(26-2)11-9-16/h4-13H,14H2,1-3H3. The number of nitrogens with zero attached hydrogens (tertiary/aromatic N) is 1. The number of rotatable bonds is 5. The number of aromatic nitrogens is 1. The van der Waals surface area contributed by atoms with Crippen molar-refractivity contribution in [3.8, 4) is 11.5 Å². The van der Waals surface area contributed by atoms with Gasteiger partial charge in [-0.2, -0.15) is 0 Å². The van der Waals surface area contributed by atoms with Gasteiger partial charge in [-0.05, 0) is 42.2 Å². The molecule has 4 aromatic rings. The van der Waals surface area contributed by atoms with Gasteiger partial charge in [-0.3, -0.25) is 4.79 Å². The number of esters is 1. The van der Waals surface area contributed by atoms with Crippen molar-refractivity contribution in [2.24, 2.45) is 0 Å². The van der Waals surface area contributed by atoms with Crippen LogP contribution in [0.4, 0.5) is 0 Å². The summed E-state index contributed by atoms with van der Waals surface area (Å²) in [5, 5.41) is 2.35. The van der Waals surface area contributed by atoms with E-state index in [0.717, 1.165) is 27.1 Å². The highest BCUT2D eigenvalue weighted by Gasteiger charge is 2.18.